The van der Waals surface area contributed by atoms with Crippen molar-refractivity contribution < 1.29 is 4.79 Å². The van der Waals surface area contributed by atoms with Gasteiger partial charge in [-0.05, 0) is 18.1 Å². The van der Waals surface area contributed by atoms with Crippen LogP contribution in [0.4, 0.5) is 0 Å². The van der Waals surface area contributed by atoms with Gasteiger partial charge in [0.05, 0.1) is 5.69 Å². The maximum atomic E-state index is 11.5. The summed E-state index contributed by atoms with van der Waals surface area (Å²) in [5.74, 6) is 0.511. The van der Waals surface area contributed by atoms with Crippen molar-refractivity contribution in [3.8, 4) is 10.6 Å². The summed E-state index contributed by atoms with van der Waals surface area (Å²) in [5, 5.41) is 5.97. The van der Waals surface area contributed by atoms with Crippen LogP contribution in [0.3, 0.4) is 0 Å². The highest BCUT2D eigenvalue weighted by Crippen LogP contribution is 2.22. The predicted octanol–water partition coefficient (Wildman–Crippen LogP) is 2.91. The molecule has 0 saturated carbocycles. The quantitative estimate of drug-likeness (QED) is 0.889. The van der Waals surface area contributed by atoms with E-state index in [1.807, 2.05) is 31.4 Å². The van der Waals surface area contributed by atoms with Crippen molar-refractivity contribution in [2.24, 2.45) is 5.92 Å². The molecule has 0 aliphatic carbocycles. The third kappa shape index (κ3) is 4.42. The Morgan fingerprint density at radius 1 is 1.35 bits per heavy atom. The van der Waals surface area contributed by atoms with Gasteiger partial charge in [0.1, 0.15) is 5.01 Å². The van der Waals surface area contributed by atoms with E-state index in [1.165, 1.54) is 0 Å². The van der Waals surface area contributed by atoms with Gasteiger partial charge >= 0.3 is 0 Å². The molecule has 0 aliphatic rings. The molecule has 2 heterocycles. The van der Waals surface area contributed by atoms with E-state index in [4.69, 9.17) is 0 Å². The maximum Gasteiger partial charge on any atom is 0.220 e. The summed E-state index contributed by atoms with van der Waals surface area (Å²) in [6.07, 6.45) is 4.88. The normalized spacial score (nSPS) is 10.8. The minimum Gasteiger partial charge on any atom is -0.356 e. The first-order valence-electron chi connectivity index (χ1n) is 6.76. The van der Waals surface area contributed by atoms with Crippen LogP contribution in [-0.2, 0) is 11.2 Å². The summed E-state index contributed by atoms with van der Waals surface area (Å²) in [7, 11) is 0. The minimum atomic E-state index is 0.115. The molecule has 20 heavy (non-hydrogen) atoms. The predicted molar refractivity (Wildman–Crippen MR) is 81.5 cm³/mol. The number of carbonyl (C=O) groups is 1. The standard InChI is InChI=1S/C15H19N3OS/c1-11(2)9-14(19)17-8-5-13-10-20-15(18-13)12-3-6-16-7-4-12/h3-4,6-7,10-11H,5,8-9H2,1-2H3,(H,17,19). The molecule has 0 aromatic carbocycles. The summed E-state index contributed by atoms with van der Waals surface area (Å²) in [5.41, 5.74) is 2.10. The number of rotatable bonds is 6. The Kier molecular flexibility index (Phi) is 5.24. The maximum absolute atomic E-state index is 11.5. The van der Waals surface area contributed by atoms with E-state index in [1.54, 1.807) is 23.7 Å². The molecule has 0 bridgehead atoms. The third-order valence-corrected chi connectivity index (χ3v) is 3.72. The van der Waals surface area contributed by atoms with Gasteiger partial charge in [0.15, 0.2) is 0 Å². The number of aromatic nitrogens is 2. The van der Waals surface area contributed by atoms with Crippen molar-refractivity contribution >= 4 is 17.2 Å². The number of thiazole rings is 1. The highest BCUT2D eigenvalue weighted by Gasteiger charge is 2.06. The number of nitrogens with zero attached hydrogens (tertiary/aromatic N) is 2. The SMILES string of the molecule is CC(C)CC(=O)NCCc1csc(-c2ccncc2)n1. The first-order valence-corrected chi connectivity index (χ1v) is 7.64. The number of hydrogen-bond acceptors (Lipinski definition) is 4. The fraction of sp³-hybridized carbons (Fsp3) is 0.400. The highest BCUT2D eigenvalue weighted by molar-refractivity contribution is 7.13. The van der Waals surface area contributed by atoms with Gasteiger partial charge < -0.3 is 5.32 Å². The molecule has 0 saturated heterocycles. The van der Waals surface area contributed by atoms with Gasteiger partial charge in [-0.1, -0.05) is 13.8 Å². The van der Waals surface area contributed by atoms with Gasteiger partial charge in [-0.25, -0.2) is 4.98 Å². The van der Waals surface area contributed by atoms with E-state index in [2.05, 4.69) is 15.3 Å². The van der Waals surface area contributed by atoms with E-state index in [9.17, 15) is 4.79 Å². The molecule has 1 N–H and O–H groups in total. The lowest BCUT2D eigenvalue weighted by Gasteiger charge is -2.05. The van der Waals surface area contributed by atoms with Crippen molar-refractivity contribution in [3.05, 3.63) is 35.6 Å². The van der Waals surface area contributed by atoms with E-state index < -0.39 is 0 Å². The fourth-order valence-electron chi connectivity index (χ4n) is 1.82. The van der Waals surface area contributed by atoms with E-state index in [-0.39, 0.29) is 5.91 Å². The Morgan fingerprint density at radius 2 is 2.10 bits per heavy atom. The van der Waals surface area contributed by atoms with Crippen LogP contribution >= 0.6 is 11.3 Å². The zero-order valence-electron chi connectivity index (χ0n) is 11.8. The van der Waals surface area contributed by atoms with Crippen LogP contribution in [0.15, 0.2) is 29.9 Å². The molecule has 0 aliphatic heterocycles. The molecular weight excluding hydrogens is 270 g/mol. The minimum absolute atomic E-state index is 0.115. The summed E-state index contributed by atoms with van der Waals surface area (Å²) in [6.45, 7) is 4.73. The lowest BCUT2D eigenvalue weighted by Crippen LogP contribution is -2.26. The molecule has 5 heteroatoms. The van der Waals surface area contributed by atoms with E-state index in [0.29, 0.717) is 18.9 Å². The Labute approximate surface area is 123 Å². The zero-order chi connectivity index (χ0) is 14.4. The van der Waals surface area contributed by atoms with Crippen LogP contribution in [-0.4, -0.2) is 22.4 Å². The monoisotopic (exact) mass is 289 g/mol. The van der Waals surface area contributed by atoms with Gasteiger partial charge in [0.2, 0.25) is 5.91 Å². The van der Waals surface area contributed by atoms with Crippen molar-refractivity contribution in [2.75, 3.05) is 6.54 Å². The summed E-state index contributed by atoms with van der Waals surface area (Å²) < 4.78 is 0. The fourth-order valence-corrected chi connectivity index (χ4v) is 2.68. The summed E-state index contributed by atoms with van der Waals surface area (Å²) in [4.78, 5) is 20.1. The molecule has 0 fully saturated rings. The molecule has 2 aromatic rings. The second-order valence-electron chi connectivity index (χ2n) is 5.08. The smallest absolute Gasteiger partial charge is 0.220 e. The van der Waals surface area contributed by atoms with Crippen molar-refractivity contribution in [3.63, 3.8) is 0 Å². The van der Waals surface area contributed by atoms with Crippen LogP contribution < -0.4 is 5.32 Å². The second kappa shape index (κ2) is 7.14. The second-order valence-corrected chi connectivity index (χ2v) is 5.94. The molecule has 0 radical (unpaired) electrons. The van der Waals surface area contributed by atoms with Crippen LogP contribution in [0.2, 0.25) is 0 Å². The number of carbonyl (C=O) groups excluding carboxylic acids is 1. The number of nitrogens with one attached hydrogen (secondary N) is 1. The molecule has 0 atom stereocenters. The average Bonchev–Trinajstić information content (AvgIpc) is 2.88. The average molecular weight is 289 g/mol. The van der Waals surface area contributed by atoms with Crippen molar-refractivity contribution in [2.45, 2.75) is 26.7 Å². The number of hydrogen-bond donors (Lipinski definition) is 1. The molecule has 106 valence electrons. The Morgan fingerprint density at radius 3 is 2.80 bits per heavy atom. The van der Waals surface area contributed by atoms with Gasteiger partial charge in [0.25, 0.3) is 0 Å². The molecule has 1 amide bonds. The Hall–Kier alpha value is -1.75. The van der Waals surface area contributed by atoms with Crippen molar-refractivity contribution in [1.29, 1.82) is 0 Å². The molecule has 0 spiro atoms. The molecule has 2 rings (SSSR count). The van der Waals surface area contributed by atoms with E-state index >= 15 is 0 Å². The lowest BCUT2D eigenvalue weighted by atomic mass is 10.1. The van der Waals surface area contributed by atoms with Crippen LogP contribution in [0.5, 0.6) is 0 Å². The first kappa shape index (κ1) is 14.7. The largest absolute Gasteiger partial charge is 0.356 e. The van der Waals surface area contributed by atoms with Crippen molar-refractivity contribution in [1.82, 2.24) is 15.3 Å². The first-order chi connectivity index (χ1) is 9.65. The molecular formula is C15H19N3OS. The number of amides is 1. The van der Waals surface area contributed by atoms with Gasteiger partial charge in [-0.15, -0.1) is 11.3 Å². The molecule has 4 nitrogen and oxygen atoms in total. The Balaban J connectivity index is 1.83. The third-order valence-electron chi connectivity index (χ3n) is 2.78. The van der Waals surface area contributed by atoms with E-state index in [0.717, 1.165) is 22.7 Å². The van der Waals surface area contributed by atoms with Gasteiger partial charge in [0, 0.05) is 42.7 Å². The van der Waals surface area contributed by atoms with Gasteiger partial charge in [-0.3, -0.25) is 9.78 Å². The van der Waals surface area contributed by atoms with Gasteiger partial charge in [-0.2, -0.15) is 0 Å². The molecule has 0 unspecified atom stereocenters. The van der Waals surface area contributed by atoms with Crippen LogP contribution in [0, 0.1) is 5.92 Å². The van der Waals surface area contributed by atoms with Crippen LogP contribution in [0.25, 0.3) is 10.6 Å². The number of pyridine rings is 1. The zero-order valence-corrected chi connectivity index (χ0v) is 12.6. The summed E-state index contributed by atoms with van der Waals surface area (Å²) in [6, 6.07) is 3.90. The highest BCUT2D eigenvalue weighted by atomic mass is 32.1. The Bertz CT molecular complexity index is 551. The van der Waals surface area contributed by atoms with Crippen LogP contribution in [0.1, 0.15) is 26.0 Å². The summed E-state index contributed by atoms with van der Waals surface area (Å²) >= 11 is 1.62. The molecule has 2 aromatic heterocycles. The topological polar surface area (TPSA) is 54.9 Å². The lowest BCUT2D eigenvalue weighted by molar-refractivity contribution is -0.121.